The Kier molecular flexibility index (Phi) is 7.57. The summed E-state index contributed by atoms with van der Waals surface area (Å²) in [5.41, 5.74) is 3.09. The Hall–Kier alpha value is -4.28. The molecule has 2 heterocycles. The maximum Gasteiger partial charge on any atom is 0.387 e. The van der Waals surface area contributed by atoms with Crippen LogP contribution in [-0.2, 0) is 11.3 Å². The largest absolute Gasteiger partial charge is 0.493 e. The number of imidazole rings is 1. The van der Waals surface area contributed by atoms with E-state index in [-0.39, 0.29) is 42.2 Å². The number of carbonyl (C=O) groups is 2. The minimum Gasteiger partial charge on any atom is -0.493 e. The van der Waals surface area contributed by atoms with E-state index in [9.17, 15) is 18.4 Å². The number of rotatable bonds is 9. The van der Waals surface area contributed by atoms with Crippen LogP contribution < -0.4 is 14.8 Å². The smallest absolute Gasteiger partial charge is 0.387 e. The van der Waals surface area contributed by atoms with Crippen LogP contribution in [0.5, 0.6) is 11.5 Å². The van der Waals surface area contributed by atoms with Crippen molar-refractivity contribution in [2.45, 2.75) is 32.9 Å². The number of nitrogens with one attached hydrogen (secondary N) is 2. The van der Waals surface area contributed by atoms with E-state index in [1.165, 1.54) is 30.7 Å². The zero-order chi connectivity index (χ0) is 25.7. The number of hydrazone groups is 1. The van der Waals surface area contributed by atoms with Crippen LogP contribution in [0.1, 0.15) is 41.4 Å². The third-order valence-electron chi connectivity index (χ3n) is 5.78. The molecule has 0 aliphatic carbocycles. The quantitative estimate of drug-likeness (QED) is 0.455. The van der Waals surface area contributed by atoms with Gasteiger partial charge in [-0.3, -0.25) is 9.59 Å². The monoisotopic (exact) mass is 497 g/mol. The molecule has 1 atom stereocenters. The van der Waals surface area contributed by atoms with E-state index < -0.39 is 6.61 Å². The highest BCUT2D eigenvalue weighted by Crippen LogP contribution is 2.33. The van der Waals surface area contributed by atoms with Gasteiger partial charge >= 0.3 is 6.61 Å². The number of methoxy groups -OCH3 is 1. The SMILES string of the molecule is CCC1CC(=O)N(Cc2ccc(NC(=O)c3cnc[nH]3)cc2)N=C1c1ccc(OC(F)F)c(OC)c1. The molecule has 4 rings (SSSR count). The summed E-state index contributed by atoms with van der Waals surface area (Å²) in [6.07, 6.45) is 3.80. The molecule has 1 aromatic heterocycles. The van der Waals surface area contributed by atoms with Crippen molar-refractivity contribution in [1.82, 2.24) is 15.0 Å². The number of hydrogen-bond donors (Lipinski definition) is 2. The molecule has 11 heteroatoms. The summed E-state index contributed by atoms with van der Waals surface area (Å²) in [6.45, 7) is -0.777. The Morgan fingerprint density at radius 1 is 1.22 bits per heavy atom. The second-order valence-electron chi connectivity index (χ2n) is 8.11. The lowest BCUT2D eigenvalue weighted by molar-refractivity contribution is -0.133. The third-order valence-corrected chi connectivity index (χ3v) is 5.78. The summed E-state index contributed by atoms with van der Waals surface area (Å²) in [6, 6.07) is 11.7. The van der Waals surface area contributed by atoms with Gasteiger partial charge in [0.15, 0.2) is 11.5 Å². The van der Waals surface area contributed by atoms with Gasteiger partial charge in [0, 0.05) is 23.6 Å². The lowest BCUT2D eigenvalue weighted by Crippen LogP contribution is -2.36. The van der Waals surface area contributed by atoms with Crippen molar-refractivity contribution in [1.29, 1.82) is 0 Å². The second kappa shape index (κ2) is 11.0. The highest BCUT2D eigenvalue weighted by molar-refractivity contribution is 6.06. The molecule has 2 N–H and O–H groups in total. The number of amides is 2. The molecule has 2 amide bonds. The van der Waals surface area contributed by atoms with Crippen LogP contribution >= 0.6 is 0 Å². The normalized spacial score (nSPS) is 15.6. The van der Waals surface area contributed by atoms with Crippen molar-refractivity contribution in [2.75, 3.05) is 12.4 Å². The minimum absolute atomic E-state index is 0.0756. The molecular weight excluding hydrogens is 472 g/mol. The van der Waals surface area contributed by atoms with E-state index in [1.807, 2.05) is 6.92 Å². The van der Waals surface area contributed by atoms with Gasteiger partial charge in [-0.1, -0.05) is 19.1 Å². The molecule has 0 saturated heterocycles. The van der Waals surface area contributed by atoms with E-state index in [1.54, 1.807) is 36.4 Å². The molecule has 0 spiro atoms. The van der Waals surface area contributed by atoms with Gasteiger partial charge in [0.05, 0.1) is 31.9 Å². The van der Waals surface area contributed by atoms with Crippen LogP contribution in [-0.4, -0.2) is 46.2 Å². The van der Waals surface area contributed by atoms with Crippen LogP contribution in [0, 0.1) is 5.92 Å². The fraction of sp³-hybridized carbons (Fsp3) is 0.280. The molecule has 0 saturated carbocycles. The van der Waals surface area contributed by atoms with Crippen LogP contribution in [0.4, 0.5) is 14.5 Å². The maximum atomic E-state index is 12.8. The topological polar surface area (TPSA) is 109 Å². The second-order valence-corrected chi connectivity index (χ2v) is 8.11. The number of aromatic nitrogens is 2. The minimum atomic E-state index is -2.97. The van der Waals surface area contributed by atoms with Crippen LogP contribution in [0.2, 0.25) is 0 Å². The van der Waals surface area contributed by atoms with Crippen molar-refractivity contribution in [3.63, 3.8) is 0 Å². The molecule has 36 heavy (non-hydrogen) atoms. The first-order chi connectivity index (χ1) is 17.4. The molecule has 1 unspecified atom stereocenters. The summed E-state index contributed by atoms with van der Waals surface area (Å²) in [5, 5.41) is 8.79. The first kappa shape index (κ1) is 24.8. The zero-order valence-electron chi connectivity index (χ0n) is 19.7. The third kappa shape index (κ3) is 5.68. The molecule has 188 valence electrons. The van der Waals surface area contributed by atoms with Gasteiger partial charge in [-0.2, -0.15) is 13.9 Å². The molecule has 1 aliphatic heterocycles. The van der Waals surface area contributed by atoms with Crippen molar-refractivity contribution < 1.29 is 27.8 Å². The Morgan fingerprint density at radius 2 is 2.00 bits per heavy atom. The van der Waals surface area contributed by atoms with Crippen molar-refractivity contribution in [3.8, 4) is 11.5 Å². The Morgan fingerprint density at radius 3 is 2.64 bits per heavy atom. The first-order valence-corrected chi connectivity index (χ1v) is 11.3. The van der Waals surface area contributed by atoms with Gasteiger partial charge in [-0.05, 0) is 42.3 Å². The van der Waals surface area contributed by atoms with Gasteiger partial charge in [0.2, 0.25) is 5.91 Å². The average molecular weight is 498 g/mol. The molecule has 2 aromatic carbocycles. The number of anilines is 1. The van der Waals surface area contributed by atoms with Gasteiger partial charge in [0.25, 0.3) is 5.91 Å². The van der Waals surface area contributed by atoms with Crippen molar-refractivity contribution >= 4 is 23.2 Å². The molecule has 9 nitrogen and oxygen atoms in total. The Bertz CT molecular complexity index is 1250. The summed E-state index contributed by atoms with van der Waals surface area (Å²) in [4.78, 5) is 31.5. The lowest BCUT2D eigenvalue weighted by atomic mass is 9.89. The van der Waals surface area contributed by atoms with E-state index in [4.69, 9.17) is 4.74 Å². The highest BCUT2D eigenvalue weighted by atomic mass is 19.3. The number of H-pyrrole nitrogens is 1. The van der Waals surface area contributed by atoms with Gasteiger partial charge in [-0.15, -0.1) is 0 Å². The van der Waals surface area contributed by atoms with Gasteiger partial charge in [-0.25, -0.2) is 9.99 Å². The molecule has 3 aromatic rings. The fourth-order valence-corrected chi connectivity index (χ4v) is 3.90. The molecule has 0 fully saturated rings. The number of carbonyl (C=O) groups excluding carboxylic acids is 2. The van der Waals surface area contributed by atoms with Crippen LogP contribution in [0.15, 0.2) is 60.1 Å². The molecule has 0 bridgehead atoms. The maximum absolute atomic E-state index is 12.8. The van der Waals surface area contributed by atoms with E-state index in [2.05, 4.69) is 25.1 Å². The summed E-state index contributed by atoms with van der Waals surface area (Å²) in [5.74, 6) is -0.478. The van der Waals surface area contributed by atoms with E-state index in [0.29, 0.717) is 29.1 Å². The Balaban J connectivity index is 1.53. The number of nitrogens with zero attached hydrogens (tertiary/aromatic N) is 3. The number of alkyl halides is 2. The molecular formula is C25H25F2N5O4. The van der Waals surface area contributed by atoms with Crippen LogP contribution in [0.3, 0.4) is 0 Å². The lowest BCUT2D eigenvalue weighted by Gasteiger charge is -2.29. The number of ether oxygens (including phenoxy) is 2. The highest BCUT2D eigenvalue weighted by Gasteiger charge is 2.30. The number of hydrogen-bond acceptors (Lipinski definition) is 6. The first-order valence-electron chi connectivity index (χ1n) is 11.3. The predicted molar refractivity (Wildman–Crippen MR) is 128 cm³/mol. The van der Waals surface area contributed by atoms with Crippen molar-refractivity contribution in [2.24, 2.45) is 11.0 Å². The van der Waals surface area contributed by atoms with E-state index in [0.717, 1.165) is 5.56 Å². The Labute approximate surface area is 206 Å². The fourth-order valence-electron chi connectivity index (χ4n) is 3.90. The van der Waals surface area contributed by atoms with Crippen molar-refractivity contribution in [3.05, 3.63) is 71.8 Å². The summed E-state index contributed by atoms with van der Waals surface area (Å²) in [7, 11) is 1.37. The number of aromatic amines is 1. The summed E-state index contributed by atoms with van der Waals surface area (Å²) >= 11 is 0. The van der Waals surface area contributed by atoms with Gasteiger partial charge < -0.3 is 19.8 Å². The van der Waals surface area contributed by atoms with Crippen LogP contribution in [0.25, 0.3) is 0 Å². The zero-order valence-corrected chi connectivity index (χ0v) is 19.7. The predicted octanol–water partition coefficient (Wildman–Crippen LogP) is 4.43. The summed E-state index contributed by atoms with van der Waals surface area (Å²) < 4.78 is 35.1. The van der Waals surface area contributed by atoms with E-state index >= 15 is 0 Å². The number of halogens is 2. The average Bonchev–Trinajstić information content (AvgIpc) is 3.41. The van der Waals surface area contributed by atoms with Gasteiger partial charge in [0.1, 0.15) is 5.69 Å². The standard InChI is InChI=1S/C25H25F2N5O4/c1-3-16-11-22(33)32(31-23(16)17-6-9-20(36-25(26)27)21(10-17)35-2)13-15-4-7-18(8-5-15)30-24(34)19-12-28-14-29-19/h4-10,12,14,16,25H,3,11,13H2,1-2H3,(H,28,29)(H,30,34). The molecule has 0 radical (unpaired) electrons. The molecule has 1 aliphatic rings. The number of benzene rings is 2.